The average molecular weight is 474 g/mol. The van der Waals surface area contributed by atoms with Gasteiger partial charge in [-0.2, -0.15) is 5.10 Å². The molecule has 0 saturated carbocycles. The van der Waals surface area contributed by atoms with Gasteiger partial charge < -0.3 is 4.90 Å². The lowest BCUT2D eigenvalue weighted by molar-refractivity contribution is -0.133. The molecule has 1 aromatic heterocycles. The highest BCUT2D eigenvalue weighted by molar-refractivity contribution is 9.10. The van der Waals surface area contributed by atoms with E-state index >= 15 is 0 Å². The van der Waals surface area contributed by atoms with Gasteiger partial charge in [0.15, 0.2) is 0 Å². The Balaban J connectivity index is 1.47. The fraction of sp³-hybridized carbons (Fsp3) is 0.474. The van der Waals surface area contributed by atoms with Crippen molar-refractivity contribution in [2.24, 2.45) is 0 Å². The van der Waals surface area contributed by atoms with E-state index in [-0.39, 0.29) is 5.91 Å². The quantitative estimate of drug-likeness (QED) is 0.649. The average Bonchev–Trinajstić information content (AvgIpc) is 2.90. The van der Waals surface area contributed by atoms with Crippen molar-refractivity contribution in [1.29, 1.82) is 0 Å². The minimum atomic E-state index is 0.188. The van der Waals surface area contributed by atoms with Gasteiger partial charge in [-0.25, -0.2) is 0 Å². The van der Waals surface area contributed by atoms with Crippen molar-refractivity contribution in [3.8, 4) is 0 Å². The number of carbonyl (C=O) groups is 1. The first kappa shape index (κ1) is 20.6. The van der Waals surface area contributed by atoms with Gasteiger partial charge in [-0.05, 0) is 47.5 Å². The molecule has 8 heteroatoms. The lowest BCUT2D eigenvalue weighted by atomic mass is 10.2. The molecule has 1 aliphatic rings. The third-order valence-electron chi connectivity index (χ3n) is 4.95. The molecule has 0 spiro atoms. The molecule has 1 aromatic carbocycles. The highest BCUT2D eigenvalue weighted by Crippen LogP contribution is 2.23. The van der Waals surface area contributed by atoms with Gasteiger partial charge in [-0.15, -0.1) is 0 Å². The van der Waals surface area contributed by atoms with Crippen molar-refractivity contribution in [2.45, 2.75) is 33.4 Å². The summed E-state index contributed by atoms with van der Waals surface area (Å²) >= 11 is 15.6. The lowest BCUT2D eigenvalue weighted by Gasteiger charge is -2.35. The Bertz CT molecular complexity index is 831. The molecule has 0 bridgehead atoms. The van der Waals surface area contributed by atoms with Crippen LogP contribution in [0.2, 0.25) is 10.0 Å². The summed E-state index contributed by atoms with van der Waals surface area (Å²) in [5, 5.41) is 5.63. The third kappa shape index (κ3) is 5.05. The largest absolute Gasteiger partial charge is 0.340 e. The van der Waals surface area contributed by atoms with Crippen molar-refractivity contribution in [2.75, 3.05) is 26.2 Å². The zero-order valence-corrected chi connectivity index (χ0v) is 18.6. The molecule has 1 aliphatic heterocycles. The van der Waals surface area contributed by atoms with Crippen LogP contribution in [0, 0.1) is 13.8 Å². The SMILES string of the molecule is Cc1nn(CCC(=O)N2CCN(Cc3ccc(Cl)c(Cl)c3)CC2)c(C)c1Br. The predicted molar refractivity (Wildman–Crippen MR) is 112 cm³/mol. The van der Waals surface area contributed by atoms with Crippen LogP contribution >= 0.6 is 39.1 Å². The summed E-state index contributed by atoms with van der Waals surface area (Å²) in [4.78, 5) is 16.8. The summed E-state index contributed by atoms with van der Waals surface area (Å²) in [6.07, 6.45) is 0.473. The molecule has 1 saturated heterocycles. The maximum Gasteiger partial charge on any atom is 0.224 e. The number of aromatic nitrogens is 2. The molecule has 2 heterocycles. The van der Waals surface area contributed by atoms with Gasteiger partial charge in [-0.3, -0.25) is 14.4 Å². The Hall–Kier alpha value is -1.08. The zero-order chi connectivity index (χ0) is 19.6. The molecule has 0 radical (unpaired) electrons. The van der Waals surface area contributed by atoms with Crippen LogP contribution in [0.25, 0.3) is 0 Å². The second-order valence-corrected chi connectivity index (χ2v) is 8.47. The first-order valence-corrected chi connectivity index (χ1v) is 10.5. The fourth-order valence-electron chi connectivity index (χ4n) is 3.30. The number of aryl methyl sites for hydroxylation is 2. The Kier molecular flexibility index (Phi) is 6.84. The summed E-state index contributed by atoms with van der Waals surface area (Å²) < 4.78 is 2.92. The smallest absolute Gasteiger partial charge is 0.224 e. The monoisotopic (exact) mass is 472 g/mol. The van der Waals surface area contributed by atoms with Gasteiger partial charge in [-0.1, -0.05) is 29.3 Å². The summed E-state index contributed by atoms with van der Waals surface area (Å²) in [6.45, 7) is 8.62. The number of amides is 1. The van der Waals surface area contributed by atoms with Crippen molar-refractivity contribution in [1.82, 2.24) is 19.6 Å². The minimum absolute atomic E-state index is 0.188. The van der Waals surface area contributed by atoms with Crippen molar-refractivity contribution < 1.29 is 4.79 Å². The van der Waals surface area contributed by atoms with Gasteiger partial charge >= 0.3 is 0 Å². The molecule has 5 nitrogen and oxygen atoms in total. The number of hydrogen-bond acceptors (Lipinski definition) is 3. The highest BCUT2D eigenvalue weighted by Gasteiger charge is 2.21. The minimum Gasteiger partial charge on any atom is -0.340 e. The van der Waals surface area contributed by atoms with Gasteiger partial charge in [0.05, 0.1) is 26.8 Å². The van der Waals surface area contributed by atoms with Gasteiger partial charge in [0.2, 0.25) is 5.91 Å². The van der Waals surface area contributed by atoms with E-state index in [4.69, 9.17) is 23.2 Å². The van der Waals surface area contributed by atoms with E-state index in [0.717, 1.165) is 54.1 Å². The number of nitrogens with zero attached hydrogens (tertiary/aromatic N) is 4. The standard InChI is InChI=1S/C19H23BrCl2N4O/c1-13-19(20)14(2)26(23-13)6-5-18(27)25-9-7-24(8-10-25)12-15-3-4-16(21)17(22)11-15/h3-4,11H,5-10,12H2,1-2H3. The van der Waals surface area contributed by atoms with Gasteiger partial charge in [0.1, 0.15) is 0 Å². The van der Waals surface area contributed by atoms with Gasteiger partial charge in [0.25, 0.3) is 0 Å². The van der Waals surface area contributed by atoms with Crippen LogP contribution < -0.4 is 0 Å². The van der Waals surface area contributed by atoms with E-state index in [1.165, 1.54) is 0 Å². The normalized spacial score (nSPS) is 15.4. The number of piperazine rings is 1. The molecular weight excluding hydrogens is 451 g/mol. The van der Waals surface area contributed by atoms with E-state index in [0.29, 0.717) is 23.0 Å². The molecule has 0 unspecified atom stereocenters. The molecular formula is C19H23BrCl2N4O. The number of rotatable bonds is 5. The van der Waals surface area contributed by atoms with Crippen molar-refractivity contribution in [3.63, 3.8) is 0 Å². The Labute approximate surface area is 178 Å². The molecule has 146 valence electrons. The second kappa shape index (κ2) is 8.95. The first-order chi connectivity index (χ1) is 12.8. The maximum atomic E-state index is 12.5. The number of halogens is 3. The Morgan fingerprint density at radius 1 is 1.15 bits per heavy atom. The predicted octanol–water partition coefficient (Wildman–Crippen LogP) is 4.30. The van der Waals surface area contributed by atoms with E-state index in [1.54, 1.807) is 0 Å². The summed E-state index contributed by atoms with van der Waals surface area (Å²) in [6, 6.07) is 5.74. The van der Waals surface area contributed by atoms with E-state index in [1.807, 2.05) is 41.6 Å². The van der Waals surface area contributed by atoms with Crippen molar-refractivity contribution >= 4 is 45.0 Å². The maximum absolute atomic E-state index is 12.5. The van der Waals surface area contributed by atoms with Crippen LogP contribution in [0.4, 0.5) is 0 Å². The van der Waals surface area contributed by atoms with Gasteiger partial charge in [0, 0.05) is 44.8 Å². The zero-order valence-electron chi connectivity index (χ0n) is 15.5. The van der Waals surface area contributed by atoms with E-state index < -0.39 is 0 Å². The fourth-order valence-corrected chi connectivity index (χ4v) is 3.91. The van der Waals surface area contributed by atoms with Crippen LogP contribution in [0.5, 0.6) is 0 Å². The summed E-state index contributed by atoms with van der Waals surface area (Å²) in [7, 11) is 0. The number of carbonyl (C=O) groups excluding carboxylic acids is 1. The summed E-state index contributed by atoms with van der Waals surface area (Å²) in [5.41, 5.74) is 3.15. The van der Waals surface area contributed by atoms with E-state index in [2.05, 4.69) is 25.9 Å². The molecule has 1 fully saturated rings. The Morgan fingerprint density at radius 3 is 2.44 bits per heavy atom. The first-order valence-electron chi connectivity index (χ1n) is 8.98. The number of hydrogen-bond donors (Lipinski definition) is 0. The lowest BCUT2D eigenvalue weighted by Crippen LogP contribution is -2.48. The molecule has 27 heavy (non-hydrogen) atoms. The summed E-state index contributed by atoms with van der Waals surface area (Å²) in [5.74, 6) is 0.188. The molecule has 0 N–H and O–H groups in total. The topological polar surface area (TPSA) is 41.4 Å². The van der Waals surface area contributed by atoms with E-state index in [9.17, 15) is 4.79 Å². The molecule has 2 aromatic rings. The molecule has 3 rings (SSSR count). The molecule has 1 amide bonds. The van der Waals surface area contributed by atoms with Crippen LogP contribution in [0.15, 0.2) is 22.7 Å². The molecule has 0 aliphatic carbocycles. The number of benzene rings is 1. The van der Waals surface area contributed by atoms with Crippen LogP contribution in [0.1, 0.15) is 23.4 Å². The molecule has 0 atom stereocenters. The van der Waals surface area contributed by atoms with Crippen LogP contribution in [-0.2, 0) is 17.9 Å². The van der Waals surface area contributed by atoms with Crippen LogP contribution in [0.3, 0.4) is 0 Å². The van der Waals surface area contributed by atoms with Crippen molar-refractivity contribution in [3.05, 3.63) is 49.7 Å². The third-order valence-corrected chi connectivity index (χ3v) is 6.83. The highest BCUT2D eigenvalue weighted by atomic mass is 79.9. The van der Waals surface area contributed by atoms with Crippen LogP contribution in [-0.4, -0.2) is 51.7 Å². The Morgan fingerprint density at radius 2 is 1.85 bits per heavy atom. The second-order valence-electron chi connectivity index (χ2n) is 6.86.